The molecule has 0 saturated heterocycles. The van der Waals surface area contributed by atoms with E-state index < -0.39 is 0 Å². The zero-order valence-electron chi connectivity index (χ0n) is 16.3. The SMILES string of the molecule is CCN(CC)c1ccc(CNc2cncc(-c3ccccc3OC)c2)cc1. The number of nitrogens with one attached hydrogen (secondary N) is 1. The van der Waals surface area contributed by atoms with Crippen LogP contribution in [0.4, 0.5) is 11.4 Å². The van der Waals surface area contributed by atoms with E-state index in [9.17, 15) is 0 Å². The molecule has 0 spiro atoms. The molecule has 1 heterocycles. The van der Waals surface area contributed by atoms with E-state index in [1.54, 1.807) is 7.11 Å². The van der Waals surface area contributed by atoms with E-state index in [1.165, 1.54) is 11.3 Å². The number of ether oxygens (including phenoxy) is 1. The molecule has 0 bridgehead atoms. The summed E-state index contributed by atoms with van der Waals surface area (Å²) in [5.41, 5.74) is 5.58. The molecule has 140 valence electrons. The fourth-order valence-electron chi connectivity index (χ4n) is 3.18. The lowest BCUT2D eigenvalue weighted by Crippen LogP contribution is -2.21. The zero-order valence-corrected chi connectivity index (χ0v) is 16.3. The molecule has 0 aliphatic rings. The Bertz CT molecular complexity index is 858. The predicted molar refractivity (Wildman–Crippen MR) is 114 cm³/mol. The van der Waals surface area contributed by atoms with Gasteiger partial charge in [-0.25, -0.2) is 0 Å². The van der Waals surface area contributed by atoms with Crippen LogP contribution in [0.1, 0.15) is 19.4 Å². The van der Waals surface area contributed by atoms with Crippen molar-refractivity contribution in [3.8, 4) is 16.9 Å². The maximum Gasteiger partial charge on any atom is 0.126 e. The van der Waals surface area contributed by atoms with Gasteiger partial charge in [-0.1, -0.05) is 30.3 Å². The maximum atomic E-state index is 5.47. The normalized spacial score (nSPS) is 10.5. The van der Waals surface area contributed by atoms with Crippen molar-refractivity contribution in [1.29, 1.82) is 0 Å². The van der Waals surface area contributed by atoms with Gasteiger partial charge in [0.2, 0.25) is 0 Å². The van der Waals surface area contributed by atoms with Crippen LogP contribution < -0.4 is 15.0 Å². The molecule has 4 nitrogen and oxygen atoms in total. The Morgan fingerprint density at radius 3 is 2.41 bits per heavy atom. The second-order valence-electron chi connectivity index (χ2n) is 6.35. The van der Waals surface area contributed by atoms with Crippen molar-refractivity contribution in [3.63, 3.8) is 0 Å². The Hall–Kier alpha value is -3.01. The Balaban J connectivity index is 1.70. The van der Waals surface area contributed by atoms with Gasteiger partial charge in [-0.2, -0.15) is 0 Å². The van der Waals surface area contributed by atoms with Crippen LogP contribution in [0.2, 0.25) is 0 Å². The van der Waals surface area contributed by atoms with Crippen LogP contribution in [0.3, 0.4) is 0 Å². The maximum absolute atomic E-state index is 5.47. The van der Waals surface area contributed by atoms with Gasteiger partial charge in [-0.05, 0) is 43.7 Å². The zero-order chi connectivity index (χ0) is 19.1. The van der Waals surface area contributed by atoms with Gasteiger partial charge in [0.25, 0.3) is 0 Å². The number of hydrogen-bond acceptors (Lipinski definition) is 4. The van der Waals surface area contributed by atoms with Gasteiger partial charge in [0, 0.05) is 48.8 Å². The van der Waals surface area contributed by atoms with Crippen LogP contribution in [-0.2, 0) is 6.54 Å². The molecule has 0 atom stereocenters. The highest BCUT2D eigenvalue weighted by molar-refractivity contribution is 5.72. The lowest BCUT2D eigenvalue weighted by Gasteiger charge is -2.21. The monoisotopic (exact) mass is 361 g/mol. The number of benzene rings is 2. The number of para-hydroxylation sites is 1. The van der Waals surface area contributed by atoms with Crippen molar-refractivity contribution in [2.45, 2.75) is 20.4 Å². The number of rotatable bonds is 8. The van der Waals surface area contributed by atoms with Crippen LogP contribution in [0.15, 0.2) is 67.0 Å². The number of nitrogens with zero attached hydrogens (tertiary/aromatic N) is 2. The van der Waals surface area contributed by atoms with Crippen molar-refractivity contribution < 1.29 is 4.74 Å². The van der Waals surface area contributed by atoms with Gasteiger partial charge in [0.15, 0.2) is 0 Å². The Morgan fingerprint density at radius 1 is 0.963 bits per heavy atom. The molecule has 1 aromatic heterocycles. The van der Waals surface area contributed by atoms with E-state index in [-0.39, 0.29) is 0 Å². The van der Waals surface area contributed by atoms with Crippen LogP contribution >= 0.6 is 0 Å². The van der Waals surface area contributed by atoms with Gasteiger partial charge in [0.05, 0.1) is 12.8 Å². The number of hydrogen-bond donors (Lipinski definition) is 1. The Labute approximate surface area is 161 Å². The number of anilines is 2. The summed E-state index contributed by atoms with van der Waals surface area (Å²) in [5.74, 6) is 0.850. The first-order valence-electron chi connectivity index (χ1n) is 9.41. The topological polar surface area (TPSA) is 37.4 Å². The van der Waals surface area contributed by atoms with E-state index in [0.29, 0.717) is 0 Å². The number of pyridine rings is 1. The average Bonchev–Trinajstić information content (AvgIpc) is 2.74. The Morgan fingerprint density at radius 2 is 1.70 bits per heavy atom. The Kier molecular flexibility index (Phi) is 6.31. The third kappa shape index (κ3) is 4.59. The lowest BCUT2D eigenvalue weighted by molar-refractivity contribution is 0.416. The third-order valence-electron chi connectivity index (χ3n) is 4.72. The van der Waals surface area contributed by atoms with Crippen molar-refractivity contribution in [3.05, 3.63) is 72.6 Å². The minimum absolute atomic E-state index is 0.760. The molecule has 0 aliphatic carbocycles. The molecule has 3 rings (SSSR count). The quantitative estimate of drug-likeness (QED) is 0.597. The largest absolute Gasteiger partial charge is 0.496 e. The first kappa shape index (κ1) is 18.8. The highest BCUT2D eigenvalue weighted by atomic mass is 16.5. The molecule has 0 unspecified atom stereocenters. The summed E-state index contributed by atoms with van der Waals surface area (Å²) in [6.45, 7) is 7.17. The molecule has 0 saturated carbocycles. The fraction of sp³-hybridized carbons (Fsp3) is 0.261. The molecular weight excluding hydrogens is 334 g/mol. The van der Waals surface area contributed by atoms with Crippen molar-refractivity contribution in [2.24, 2.45) is 0 Å². The van der Waals surface area contributed by atoms with Crippen LogP contribution in [0.5, 0.6) is 5.75 Å². The van der Waals surface area contributed by atoms with E-state index in [0.717, 1.165) is 42.2 Å². The van der Waals surface area contributed by atoms with Crippen LogP contribution in [0, 0.1) is 0 Å². The summed E-state index contributed by atoms with van der Waals surface area (Å²) in [5, 5.41) is 3.47. The minimum Gasteiger partial charge on any atom is -0.496 e. The average molecular weight is 361 g/mol. The standard InChI is InChI=1S/C23H27N3O/c1-4-26(5-2)21-12-10-18(11-13-21)15-25-20-14-19(16-24-17-20)22-8-6-7-9-23(22)27-3/h6-14,16-17,25H,4-5,15H2,1-3H3. The second-order valence-corrected chi connectivity index (χ2v) is 6.35. The first-order valence-corrected chi connectivity index (χ1v) is 9.41. The molecular formula is C23H27N3O. The lowest BCUT2D eigenvalue weighted by atomic mass is 10.1. The summed E-state index contributed by atoms with van der Waals surface area (Å²) in [7, 11) is 1.69. The van der Waals surface area contributed by atoms with Gasteiger partial charge in [-0.15, -0.1) is 0 Å². The van der Waals surface area contributed by atoms with Crippen molar-refractivity contribution >= 4 is 11.4 Å². The highest BCUT2D eigenvalue weighted by Gasteiger charge is 2.06. The molecule has 0 amide bonds. The van der Waals surface area contributed by atoms with Gasteiger partial charge in [0.1, 0.15) is 5.75 Å². The molecule has 3 aromatic rings. The summed E-state index contributed by atoms with van der Waals surface area (Å²) in [4.78, 5) is 6.73. The van der Waals surface area contributed by atoms with E-state index in [4.69, 9.17) is 4.74 Å². The fourth-order valence-corrected chi connectivity index (χ4v) is 3.18. The van der Waals surface area contributed by atoms with Crippen molar-refractivity contribution in [2.75, 3.05) is 30.4 Å². The van der Waals surface area contributed by atoms with Gasteiger partial charge >= 0.3 is 0 Å². The van der Waals surface area contributed by atoms with Crippen LogP contribution in [0.25, 0.3) is 11.1 Å². The first-order chi connectivity index (χ1) is 13.2. The van der Waals surface area contributed by atoms with Gasteiger partial charge < -0.3 is 15.0 Å². The van der Waals surface area contributed by atoms with E-state index >= 15 is 0 Å². The molecule has 27 heavy (non-hydrogen) atoms. The smallest absolute Gasteiger partial charge is 0.126 e. The van der Waals surface area contributed by atoms with Crippen LogP contribution in [-0.4, -0.2) is 25.2 Å². The molecule has 2 aromatic carbocycles. The molecule has 0 aliphatic heterocycles. The molecule has 1 N–H and O–H groups in total. The summed E-state index contributed by atoms with van der Waals surface area (Å²) >= 11 is 0. The van der Waals surface area contributed by atoms with Crippen molar-refractivity contribution in [1.82, 2.24) is 4.98 Å². The highest BCUT2D eigenvalue weighted by Crippen LogP contribution is 2.30. The molecule has 0 fully saturated rings. The van der Waals surface area contributed by atoms with Gasteiger partial charge in [-0.3, -0.25) is 4.98 Å². The summed E-state index contributed by atoms with van der Waals surface area (Å²) in [6.07, 6.45) is 3.71. The van der Waals surface area contributed by atoms with E-state index in [2.05, 4.69) is 59.4 Å². The molecule has 4 heteroatoms. The second kappa shape index (κ2) is 9.08. The molecule has 0 radical (unpaired) electrons. The number of methoxy groups -OCH3 is 1. The summed E-state index contributed by atoms with van der Waals surface area (Å²) in [6, 6.07) is 18.8. The minimum atomic E-state index is 0.760. The van der Waals surface area contributed by atoms with E-state index in [1.807, 2.05) is 36.7 Å². The third-order valence-corrected chi connectivity index (χ3v) is 4.72. The number of aromatic nitrogens is 1. The predicted octanol–water partition coefficient (Wildman–Crippen LogP) is 5.22. The summed E-state index contributed by atoms with van der Waals surface area (Å²) < 4.78 is 5.47.